The number of ether oxygens (including phenoxy) is 1. The molecule has 0 aromatic rings. The first-order valence-electron chi connectivity index (χ1n) is 27.7. The number of rotatable bonds is 49. The van der Waals surface area contributed by atoms with Crippen LogP contribution in [0.15, 0.2) is 72.9 Å². The van der Waals surface area contributed by atoms with Gasteiger partial charge in [0.25, 0.3) is 7.82 Å². The van der Waals surface area contributed by atoms with E-state index in [1.807, 2.05) is 33.3 Å². The maximum absolute atomic E-state index is 13.4. The van der Waals surface area contributed by atoms with Gasteiger partial charge in [-0.1, -0.05) is 222 Å². The minimum absolute atomic E-state index is 0.0343. The van der Waals surface area contributed by atoms with Gasteiger partial charge in [-0.25, -0.2) is 0 Å². The Morgan fingerprint density at radius 3 is 1.43 bits per heavy atom. The van der Waals surface area contributed by atoms with Gasteiger partial charge in [0.05, 0.1) is 33.8 Å². The van der Waals surface area contributed by atoms with Gasteiger partial charge in [-0.15, -0.1) is 0 Å². The van der Waals surface area contributed by atoms with Crippen LogP contribution in [0.5, 0.6) is 0 Å². The summed E-state index contributed by atoms with van der Waals surface area (Å²) in [6.07, 6.45) is 60.2. The van der Waals surface area contributed by atoms with Crippen LogP contribution in [0.2, 0.25) is 0 Å². The summed E-state index contributed by atoms with van der Waals surface area (Å²) in [7, 11) is 1.14. The second-order valence-corrected chi connectivity index (χ2v) is 21.1. The zero-order chi connectivity index (χ0) is 50.1. The number of hydrogen-bond donors (Lipinski definition) is 1. The van der Waals surface area contributed by atoms with Crippen molar-refractivity contribution < 1.29 is 37.3 Å². The second-order valence-electron chi connectivity index (χ2n) is 19.7. The number of likely N-dealkylation sites (N-methyl/N-ethyl adjacent to an activating group) is 1. The molecule has 0 aromatic heterocycles. The van der Waals surface area contributed by atoms with Crippen LogP contribution in [0.4, 0.5) is 0 Å². The van der Waals surface area contributed by atoms with Gasteiger partial charge in [-0.05, 0) is 70.3 Å². The molecule has 0 fully saturated rings. The average Bonchev–Trinajstić information content (AvgIpc) is 3.29. The van der Waals surface area contributed by atoms with Crippen LogP contribution >= 0.6 is 7.82 Å². The molecule has 9 nitrogen and oxygen atoms in total. The lowest BCUT2D eigenvalue weighted by Crippen LogP contribution is -2.47. The third-order valence-electron chi connectivity index (χ3n) is 11.9. The highest BCUT2D eigenvalue weighted by atomic mass is 31.2. The number of hydrogen-bond acceptors (Lipinski definition) is 7. The van der Waals surface area contributed by atoms with E-state index in [0.29, 0.717) is 17.4 Å². The fourth-order valence-electron chi connectivity index (χ4n) is 7.62. The van der Waals surface area contributed by atoms with E-state index in [1.165, 1.54) is 116 Å². The zero-order valence-electron chi connectivity index (χ0n) is 44.8. The lowest BCUT2D eigenvalue weighted by molar-refractivity contribution is -0.870. The topological polar surface area (TPSA) is 114 Å². The zero-order valence-corrected chi connectivity index (χ0v) is 45.7. The van der Waals surface area contributed by atoms with Gasteiger partial charge in [0.2, 0.25) is 5.91 Å². The maximum atomic E-state index is 13.4. The van der Waals surface area contributed by atoms with E-state index in [2.05, 4.69) is 86.8 Å². The van der Waals surface area contributed by atoms with Gasteiger partial charge in [-0.2, -0.15) is 0 Å². The van der Waals surface area contributed by atoms with Crippen molar-refractivity contribution in [1.82, 2.24) is 5.32 Å². The SMILES string of the molecule is CC/C=C\C/C=C\C/C=C\C/C=C\C/C=C\CCCC(=O)NC(COP(=O)([O-])OCC[N+](C)(C)C)C(/C=C/CCCCCCCCCCCC)OC(=O)CCCCCCCCCCCCCCC. The van der Waals surface area contributed by atoms with E-state index in [0.717, 1.165) is 77.0 Å². The number of allylic oxidation sites excluding steroid dienone is 11. The fourth-order valence-corrected chi connectivity index (χ4v) is 8.34. The Morgan fingerprint density at radius 1 is 0.529 bits per heavy atom. The molecule has 0 bridgehead atoms. The highest BCUT2D eigenvalue weighted by Crippen LogP contribution is 2.38. The summed E-state index contributed by atoms with van der Waals surface area (Å²) in [5, 5.41) is 2.98. The average molecular weight is 973 g/mol. The first-order valence-corrected chi connectivity index (χ1v) is 29.2. The number of nitrogens with zero attached hydrogens (tertiary/aromatic N) is 1. The molecule has 0 saturated carbocycles. The minimum atomic E-state index is -4.71. The predicted octanol–water partition coefficient (Wildman–Crippen LogP) is 15.9. The van der Waals surface area contributed by atoms with Gasteiger partial charge < -0.3 is 28.5 Å². The molecule has 0 saturated heterocycles. The van der Waals surface area contributed by atoms with E-state index in [9.17, 15) is 19.0 Å². The van der Waals surface area contributed by atoms with Crippen LogP contribution in [0.25, 0.3) is 0 Å². The third kappa shape index (κ3) is 48.5. The molecular formula is C58H105N2O7P. The number of quaternary nitrogens is 1. The van der Waals surface area contributed by atoms with Crippen molar-refractivity contribution in [1.29, 1.82) is 0 Å². The standard InChI is InChI=1S/C58H105N2O7P/c1-7-10-13-16-19-22-25-28-29-30-31-33-35-38-41-44-47-50-57(61)59-55(54-66-68(63,64)65-53-52-60(4,5)6)56(49-46-43-40-37-34-27-24-21-18-15-12-9-3)67-58(62)51-48-45-42-39-36-32-26-23-20-17-14-11-8-2/h10,13,19,22,28-29,31,33,38,41,46,49,55-56H,7-9,11-12,14-18,20-21,23-27,30,32,34-37,39-40,42-45,47-48,50-54H2,1-6H3,(H-,59,61,63,64)/b13-10-,22-19-,29-28-,33-31-,41-38-,49-46+. The predicted molar refractivity (Wildman–Crippen MR) is 288 cm³/mol. The Balaban J connectivity index is 5.47. The lowest BCUT2D eigenvalue weighted by Gasteiger charge is -2.30. The van der Waals surface area contributed by atoms with E-state index >= 15 is 0 Å². The molecule has 0 aliphatic rings. The van der Waals surface area contributed by atoms with Crippen molar-refractivity contribution >= 4 is 19.7 Å². The molecule has 394 valence electrons. The molecule has 10 heteroatoms. The Kier molecular flexibility index (Phi) is 46.3. The molecule has 3 atom stereocenters. The second kappa shape index (κ2) is 48.1. The number of carbonyl (C=O) groups excluding carboxylic acids is 2. The number of carbonyl (C=O) groups is 2. The number of phosphoric ester groups is 1. The van der Waals surface area contributed by atoms with Crippen LogP contribution in [-0.4, -0.2) is 69.4 Å². The molecule has 1 amide bonds. The third-order valence-corrected chi connectivity index (χ3v) is 12.9. The van der Waals surface area contributed by atoms with Crippen molar-refractivity contribution in [3.8, 4) is 0 Å². The van der Waals surface area contributed by atoms with Crippen LogP contribution < -0.4 is 10.2 Å². The molecular weight excluding hydrogens is 868 g/mol. The van der Waals surface area contributed by atoms with Gasteiger partial charge >= 0.3 is 5.97 Å². The van der Waals surface area contributed by atoms with Crippen molar-refractivity contribution in [2.75, 3.05) is 40.9 Å². The fraction of sp³-hybridized carbons (Fsp3) is 0.759. The Bertz CT molecular complexity index is 1400. The quantitative estimate of drug-likeness (QED) is 0.0212. The molecule has 0 radical (unpaired) electrons. The normalized spacial score (nSPS) is 14.4. The molecule has 68 heavy (non-hydrogen) atoms. The van der Waals surface area contributed by atoms with E-state index < -0.39 is 26.6 Å². The Hall–Kier alpha value is -2.55. The number of unbranched alkanes of at least 4 members (excludes halogenated alkanes) is 23. The van der Waals surface area contributed by atoms with Gasteiger partial charge in [0.15, 0.2) is 0 Å². The monoisotopic (exact) mass is 973 g/mol. The number of amides is 1. The Morgan fingerprint density at radius 2 is 0.956 bits per heavy atom. The van der Waals surface area contributed by atoms with Crippen LogP contribution in [0.1, 0.15) is 233 Å². The first kappa shape index (κ1) is 65.5. The molecule has 3 unspecified atom stereocenters. The number of nitrogens with one attached hydrogen (secondary N) is 1. The summed E-state index contributed by atoms with van der Waals surface area (Å²) in [6.45, 7) is 6.67. The van der Waals surface area contributed by atoms with Crippen molar-refractivity contribution in [3.05, 3.63) is 72.9 Å². The van der Waals surface area contributed by atoms with Gasteiger partial charge in [-0.3, -0.25) is 14.2 Å². The number of phosphoric acid groups is 1. The lowest BCUT2D eigenvalue weighted by atomic mass is 10.0. The van der Waals surface area contributed by atoms with Crippen molar-refractivity contribution in [2.24, 2.45) is 0 Å². The van der Waals surface area contributed by atoms with Crippen molar-refractivity contribution in [3.63, 3.8) is 0 Å². The number of esters is 1. The molecule has 0 aliphatic heterocycles. The maximum Gasteiger partial charge on any atom is 0.306 e. The van der Waals surface area contributed by atoms with Gasteiger partial charge in [0.1, 0.15) is 19.3 Å². The molecule has 0 aromatic carbocycles. The highest BCUT2D eigenvalue weighted by molar-refractivity contribution is 7.45. The minimum Gasteiger partial charge on any atom is -0.756 e. The van der Waals surface area contributed by atoms with Crippen LogP contribution in [0, 0.1) is 0 Å². The van der Waals surface area contributed by atoms with E-state index in [-0.39, 0.29) is 31.3 Å². The van der Waals surface area contributed by atoms with Crippen LogP contribution in [0.3, 0.4) is 0 Å². The van der Waals surface area contributed by atoms with Gasteiger partial charge in [0, 0.05) is 12.8 Å². The summed E-state index contributed by atoms with van der Waals surface area (Å²) >= 11 is 0. The Labute approximate surface area is 419 Å². The summed E-state index contributed by atoms with van der Waals surface area (Å²) < 4.78 is 30.1. The van der Waals surface area contributed by atoms with Crippen LogP contribution in [-0.2, 0) is 27.9 Å². The summed E-state index contributed by atoms with van der Waals surface area (Å²) in [5.74, 6) is -0.609. The molecule has 0 heterocycles. The van der Waals surface area contributed by atoms with Crippen molar-refractivity contribution in [2.45, 2.75) is 245 Å². The highest BCUT2D eigenvalue weighted by Gasteiger charge is 2.27. The molecule has 0 spiro atoms. The largest absolute Gasteiger partial charge is 0.756 e. The summed E-state index contributed by atoms with van der Waals surface area (Å²) in [5.41, 5.74) is 0. The molecule has 1 N–H and O–H groups in total. The smallest absolute Gasteiger partial charge is 0.306 e. The van der Waals surface area contributed by atoms with E-state index in [1.54, 1.807) is 0 Å². The van der Waals surface area contributed by atoms with E-state index in [4.69, 9.17) is 13.8 Å². The first-order chi connectivity index (χ1) is 32.9. The summed E-state index contributed by atoms with van der Waals surface area (Å²) in [6, 6.07) is -0.917. The summed E-state index contributed by atoms with van der Waals surface area (Å²) in [4.78, 5) is 39.7. The molecule has 0 rings (SSSR count). The molecule has 0 aliphatic carbocycles.